The monoisotopic (exact) mass is 229 g/mol. The third-order valence-corrected chi connectivity index (χ3v) is 1.80. The van der Waals surface area contributed by atoms with Crippen LogP contribution in [0.3, 0.4) is 0 Å². The van der Waals surface area contributed by atoms with E-state index >= 15 is 0 Å². The number of carbonyl (C=O) groups excluding carboxylic acids is 1. The summed E-state index contributed by atoms with van der Waals surface area (Å²) in [5.41, 5.74) is 0.558. The number of esters is 1. The highest BCUT2D eigenvalue weighted by molar-refractivity contribution is 6.31. The zero-order valence-electron chi connectivity index (χ0n) is 9.29. The molecule has 1 aromatic heterocycles. The summed E-state index contributed by atoms with van der Waals surface area (Å²) in [6.45, 7) is 6.14. The number of halogens is 1. The predicted octanol–water partition coefficient (Wildman–Crippen LogP) is 2.87. The normalized spacial score (nSPS) is 8.80. The fourth-order valence-electron chi connectivity index (χ4n) is 0.897. The SMILES string of the molecule is CC.CCOC(=O)Cc1ncccc1Cl. The van der Waals surface area contributed by atoms with Gasteiger partial charge < -0.3 is 4.74 Å². The van der Waals surface area contributed by atoms with Gasteiger partial charge >= 0.3 is 5.97 Å². The Labute approximate surface area is 95.4 Å². The second-order valence-corrected chi connectivity index (χ2v) is 2.82. The van der Waals surface area contributed by atoms with Crippen molar-refractivity contribution in [3.8, 4) is 0 Å². The quantitative estimate of drug-likeness (QED) is 0.749. The van der Waals surface area contributed by atoms with Crippen molar-refractivity contribution in [3.63, 3.8) is 0 Å². The summed E-state index contributed by atoms with van der Waals surface area (Å²) < 4.78 is 4.76. The first-order chi connectivity index (χ1) is 7.24. The summed E-state index contributed by atoms with van der Waals surface area (Å²) in [6, 6.07) is 3.42. The second-order valence-electron chi connectivity index (χ2n) is 2.41. The lowest BCUT2D eigenvalue weighted by Crippen LogP contribution is -2.08. The summed E-state index contributed by atoms with van der Waals surface area (Å²) >= 11 is 5.80. The minimum absolute atomic E-state index is 0.132. The Kier molecular flexibility index (Phi) is 7.64. The van der Waals surface area contributed by atoms with Crippen LogP contribution < -0.4 is 0 Å². The third kappa shape index (κ3) is 5.37. The Balaban J connectivity index is 0.000000921. The summed E-state index contributed by atoms with van der Waals surface area (Å²) in [5, 5.41) is 0.496. The maximum atomic E-state index is 11.0. The van der Waals surface area contributed by atoms with Crippen LogP contribution in [0.2, 0.25) is 5.02 Å². The fourth-order valence-corrected chi connectivity index (χ4v) is 1.09. The largest absolute Gasteiger partial charge is 0.466 e. The van der Waals surface area contributed by atoms with Gasteiger partial charge in [0.1, 0.15) is 0 Å². The number of carbonyl (C=O) groups is 1. The van der Waals surface area contributed by atoms with Gasteiger partial charge in [0.2, 0.25) is 0 Å². The van der Waals surface area contributed by atoms with Crippen LogP contribution >= 0.6 is 11.6 Å². The van der Waals surface area contributed by atoms with Gasteiger partial charge in [0, 0.05) is 6.20 Å². The molecular formula is C11H16ClNO2. The van der Waals surface area contributed by atoms with Crippen molar-refractivity contribution in [2.24, 2.45) is 0 Å². The van der Waals surface area contributed by atoms with E-state index in [0.29, 0.717) is 17.3 Å². The van der Waals surface area contributed by atoms with Crippen molar-refractivity contribution < 1.29 is 9.53 Å². The first-order valence-electron chi connectivity index (χ1n) is 4.99. The van der Waals surface area contributed by atoms with E-state index in [1.54, 1.807) is 25.3 Å². The maximum Gasteiger partial charge on any atom is 0.311 e. The van der Waals surface area contributed by atoms with Crippen molar-refractivity contribution in [1.29, 1.82) is 0 Å². The molecule has 0 saturated heterocycles. The van der Waals surface area contributed by atoms with Gasteiger partial charge in [0.05, 0.1) is 23.7 Å². The van der Waals surface area contributed by atoms with Gasteiger partial charge in [-0.05, 0) is 19.1 Å². The number of ether oxygens (including phenoxy) is 1. The number of nitrogens with zero attached hydrogens (tertiary/aromatic N) is 1. The molecule has 1 rings (SSSR count). The Bertz CT molecular complexity index is 302. The summed E-state index contributed by atoms with van der Waals surface area (Å²) in [5.74, 6) is -0.303. The van der Waals surface area contributed by atoms with Gasteiger partial charge in [-0.1, -0.05) is 25.4 Å². The molecule has 3 nitrogen and oxygen atoms in total. The molecule has 4 heteroatoms. The van der Waals surface area contributed by atoms with Gasteiger partial charge in [-0.2, -0.15) is 0 Å². The first-order valence-corrected chi connectivity index (χ1v) is 5.37. The molecule has 1 heterocycles. The van der Waals surface area contributed by atoms with Gasteiger partial charge in [-0.25, -0.2) is 0 Å². The Morgan fingerprint density at radius 1 is 1.53 bits per heavy atom. The van der Waals surface area contributed by atoms with Crippen molar-refractivity contribution in [2.75, 3.05) is 6.61 Å². The maximum absolute atomic E-state index is 11.0. The molecule has 0 aliphatic carbocycles. The van der Waals surface area contributed by atoms with E-state index in [-0.39, 0.29) is 12.4 Å². The van der Waals surface area contributed by atoms with Crippen LogP contribution in [0, 0.1) is 0 Å². The standard InChI is InChI=1S/C9H10ClNO2.C2H6/c1-2-13-9(12)6-8-7(10)4-3-5-11-8;1-2/h3-5H,2,6H2,1H3;1-2H3. The fraction of sp³-hybridized carbons (Fsp3) is 0.455. The molecule has 0 unspecified atom stereocenters. The molecule has 0 radical (unpaired) electrons. The highest BCUT2D eigenvalue weighted by atomic mass is 35.5. The molecule has 0 aliphatic rings. The lowest BCUT2D eigenvalue weighted by molar-refractivity contribution is -0.142. The Morgan fingerprint density at radius 2 is 2.20 bits per heavy atom. The van der Waals surface area contributed by atoms with Crippen molar-refractivity contribution in [1.82, 2.24) is 4.98 Å². The van der Waals surface area contributed by atoms with E-state index in [4.69, 9.17) is 16.3 Å². The molecule has 0 spiro atoms. The molecular weight excluding hydrogens is 214 g/mol. The molecule has 0 bridgehead atoms. The number of aromatic nitrogens is 1. The second kappa shape index (κ2) is 8.24. The van der Waals surface area contributed by atoms with Crippen LogP contribution in [0.15, 0.2) is 18.3 Å². The van der Waals surface area contributed by atoms with E-state index in [1.807, 2.05) is 13.8 Å². The Morgan fingerprint density at radius 3 is 2.73 bits per heavy atom. The van der Waals surface area contributed by atoms with Gasteiger partial charge in [0.25, 0.3) is 0 Å². The lowest BCUT2D eigenvalue weighted by Gasteiger charge is -2.02. The number of hydrogen-bond donors (Lipinski definition) is 0. The zero-order valence-corrected chi connectivity index (χ0v) is 10.0. The Hall–Kier alpha value is -1.09. The number of hydrogen-bond acceptors (Lipinski definition) is 3. The average Bonchev–Trinajstić information content (AvgIpc) is 2.25. The molecule has 0 amide bonds. The molecule has 84 valence electrons. The van der Waals surface area contributed by atoms with Crippen LogP contribution in [0.5, 0.6) is 0 Å². The summed E-state index contributed by atoms with van der Waals surface area (Å²) in [6.07, 6.45) is 1.73. The number of rotatable bonds is 3. The van der Waals surface area contributed by atoms with Gasteiger partial charge in [-0.15, -0.1) is 0 Å². The van der Waals surface area contributed by atoms with E-state index in [2.05, 4.69) is 4.98 Å². The van der Waals surface area contributed by atoms with E-state index in [9.17, 15) is 4.79 Å². The zero-order chi connectivity index (χ0) is 11.7. The summed E-state index contributed by atoms with van der Waals surface area (Å²) in [7, 11) is 0. The topological polar surface area (TPSA) is 39.2 Å². The molecule has 0 N–H and O–H groups in total. The van der Waals surface area contributed by atoms with E-state index in [1.165, 1.54) is 0 Å². The van der Waals surface area contributed by atoms with Crippen LogP contribution in [0.4, 0.5) is 0 Å². The molecule has 0 aliphatic heterocycles. The lowest BCUT2D eigenvalue weighted by atomic mass is 10.3. The predicted molar refractivity (Wildman–Crippen MR) is 60.9 cm³/mol. The molecule has 0 fully saturated rings. The smallest absolute Gasteiger partial charge is 0.311 e. The first kappa shape index (κ1) is 13.9. The van der Waals surface area contributed by atoms with E-state index < -0.39 is 0 Å². The van der Waals surface area contributed by atoms with Gasteiger partial charge in [0.15, 0.2) is 0 Å². The van der Waals surface area contributed by atoms with Crippen LogP contribution in [-0.2, 0) is 16.0 Å². The van der Waals surface area contributed by atoms with Crippen molar-refractivity contribution in [2.45, 2.75) is 27.2 Å². The number of pyridine rings is 1. The minimum Gasteiger partial charge on any atom is -0.466 e. The molecule has 0 atom stereocenters. The van der Waals surface area contributed by atoms with Gasteiger partial charge in [-0.3, -0.25) is 9.78 Å². The molecule has 0 saturated carbocycles. The van der Waals surface area contributed by atoms with Crippen molar-refractivity contribution >= 4 is 17.6 Å². The molecule has 1 aromatic rings. The minimum atomic E-state index is -0.303. The highest BCUT2D eigenvalue weighted by Gasteiger charge is 2.07. The van der Waals surface area contributed by atoms with Crippen molar-refractivity contribution in [3.05, 3.63) is 29.0 Å². The van der Waals surface area contributed by atoms with Crippen LogP contribution in [-0.4, -0.2) is 17.6 Å². The average molecular weight is 230 g/mol. The van der Waals surface area contributed by atoms with E-state index in [0.717, 1.165) is 0 Å². The molecule has 15 heavy (non-hydrogen) atoms. The van der Waals surface area contributed by atoms with Crippen LogP contribution in [0.1, 0.15) is 26.5 Å². The highest BCUT2D eigenvalue weighted by Crippen LogP contribution is 2.12. The molecule has 0 aromatic carbocycles. The summed E-state index contributed by atoms with van der Waals surface area (Å²) in [4.78, 5) is 15.0. The van der Waals surface area contributed by atoms with Crippen LogP contribution in [0.25, 0.3) is 0 Å². The third-order valence-electron chi connectivity index (χ3n) is 1.45.